The number of ether oxygens (including phenoxy) is 2. The first-order valence-electron chi connectivity index (χ1n) is 6.84. The van der Waals surface area contributed by atoms with Crippen LogP contribution in [0.25, 0.3) is 0 Å². The summed E-state index contributed by atoms with van der Waals surface area (Å²) >= 11 is 0. The number of methoxy groups -OCH3 is 2. The number of rotatable bonds is 10. The Kier molecular flexibility index (Phi) is 5.71. The third-order valence-electron chi connectivity index (χ3n) is 3.29. The van der Waals surface area contributed by atoms with E-state index in [4.69, 9.17) is 9.47 Å². The van der Waals surface area contributed by atoms with E-state index < -0.39 is 10.0 Å². The van der Waals surface area contributed by atoms with E-state index in [2.05, 4.69) is 20.2 Å². The number of nitrogens with one attached hydrogen (secondary N) is 3. The van der Waals surface area contributed by atoms with Gasteiger partial charge in [-0.05, 0) is 12.8 Å². The van der Waals surface area contributed by atoms with Crippen molar-refractivity contribution in [2.75, 3.05) is 27.4 Å². The Bertz CT molecular complexity index is 541. The van der Waals surface area contributed by atoms with Crippen LogP contribution < -0.4 is 10.0 Å². The third kappa shape index (κ3) is 4.75. The Morgan fingerprint density at radius 3 is 2.86 bits per heavy atom. The summed E-state index contributed by atoms with van der Waals surface area (Å²) in [5.74, 6) is 0. The highest BCUT2D eigenvalue weighted by molar-refractivity contribution is 7.89. The molecule has 21 heavy (non-hydrogen) atoms. The van der Waals surface area contributed by atoms with E-state index in [-0.39, 0.29) is 17.7 Å². The normalized spacial score (nSPS) is 17.0. The number of sulfonamides is 1. The molecule has 0 radical (unpaired) electrons. The molecule has 120 valence electrons. The first kappa shape index (κ1) is 16.4. The van der Waals surface area contributed by atoms with E-state index in [1.165, 1.54) is 20.4 Å². The summed E-state index contributed by atoms with van der Waals surface area (Å²) in [5, 5.41) is 9.75. The smallest absolute Gasteiger partial charge is 0.257 e. The Morgan fingerprint density at radius 1 is 1.48 bits per heavy atom. The molecule has 2 rings (SSSR count). The van der Waals surface area contributed by atoms with Crippen LogP contribution in [0, 0.1) is 0 Å². The van der Waals surface area contributed by atoms with E-state index >= 15 is 0 Å². The molecular formula is C12H22N4O4S. The number of nitrogens with zero attached hydrogens (tertiary/aromatic N) is 1. The second kappa shape index (κ2) is 7.32. The van der Waals surface area contributed by atoms with Crippen molar-refractivity contribution < 1.29 is 17.9 Å². The maximum Gasteiger partial charge on any atom is 0.257 e. The highest BCUT2D eigenvalue weighted by atomic mass is 32.2. The second-order valence-electron chi connectivity index (χ2n) is 5.04. The summed E-state index contributed by atoms with van der Waals surface area (Å²) in [6.07, 6.45) is 3.49. The van der Waals surface area contributed by atoms with Crippen LogP contribution in [0.15, 0.2) is 11.2 Å². The number of hydrogen-bond acceptors (Lipinski definition) is 6. The maximum absolute atomic E-state index is 12.3. The van der Waals surface area contributed by atoms with Crippen molar-refractivity contribution in [2.45, 2.75) is 36.6 Å². The number of aromatic nitrogens is 2. The van der Waals surface area contributed by atoms with Gasteiger partial charge in [-0.3, -0.25) is 5.10 Å². The molecule has 0 aromatic carbocycles. The Hall–Kier alpha value is -1.00. The summed E-state index contributed by atoms with van der Waals surface area (Å²) in [6, 6.07) is 0.503. The number of aromatic amines is 1. The van der Waals surface area contributed by atoms with Crippen molar-refractivity contribution in [2.24, 2.45) is 0 Å². The minimum atomic E-state index is -3.64. The molecule has 1 unspecified atom stereocenters. The van der Waals surface area contributed by atoms with E-state index in [9.17, 15) is 8.42 Å². The summed E-state index contributed by atoms with van der Waals surface area (Å²) in [5.41, 5.74) is 0.634. The molecule has 1 aliphatic rings. The van der Waals surface area contributed by atoms with Gasteiger partial charge in [-0.1, -0.05) is 0 Å². The van der Waals surface area contributed by atoms with Crippen LogP contribution in [-0.2, 0) is 26.0 Å². The van der Waals surface area contributed by atoms with Crippen molar-refractivity contribution in [3.63, 3.8) is 0 Å². The van der Waals surface area contributed by atoms with Gasteiger partial charge in [0.05, 0.1) is 18.9 Å². The first-order chi connectivity index (χ1) is 10.1. The van der Waals surface area contributed by atoms with Gasteiger partial charge in [0.15, 0.2) is 5.03 Å². The van der Waals surface area contributed by atoms with Crippen molar-refractivity contribution in [3.05, 3.63) is 11.8 Å². The van der Waals surface area contributed by atoms with Crippen LogP contribution in [0.3, 0.4) is 0 Å². The van der Waals surface area contributed by atoms with Gasteiger partial charge in [-0.15, -0.1) is 0 Å². The second-order valence-corrected chi connectivity index (χ2v) is 6.75. The molecule has 1 aromatic rings. The molecule has 0 bridgehead atoms. The monoisotopic (exact) mass is 318 g/mol. The van der Waals surface area contributed by atoms with Crippen molar-refractivity contribution in [1.29, 1.82) is 0 Å². The van der Waals surface area contributed by atoms with Crippen LogP contribution in [0.2, 0.25) is 0 Å². The van der Waals surface area contributed by atoms with Gasteiger partial charge in [0.1, 0.15) is 0 Å². The summed E-state index contributed by atoms with van der Waals surface area (Å²) in [7, 11) is -0.590. The highest BCUT2D eigenvalue weighted by Gasteiger charge is 2.25. The van der Waals surface area contributed by atoms with Gasteiger partial charge < -0.3 is 14.8 Å². The molecule has 9 heteroatoms. The van der Waals surface area contributed by atoms with Gasteiger partial charge in [0.25, 0.3) is 10.0 Å². The fourth-order valence-electron chi connectivity index (χ4n) is 1.87. The molecule has 8 nitrogen and oxygen atoms in total. The fourth-order valence-corrected chi connectivity index (χ4v) is 3.06. The van der Waals surface area contributed by atoms with Crippen molar-refractivity contribution >= 4 is 10.0 Å². The average molecular weight is 318 g/mol. The zero-order valence-corrected chi connectivity index (χ0v) is 13.1. The molecule has 1 aromatic heterocycles. The standard InChI is InChI=1S/C12H22N4O4S/c1-19-8-11(20-2)7-15-21(17,18)12-9(6-14-16-12)5-13-10-3-4-10/h6,10-11,13,15H,3-5,7-8H2,1-2H3,(H,14,16). The van der Waals surface area contributed by atoms with Gasteiger partial charge in [0.2, 0.25) is 0 Å². The quantitative estimate of drug-likeness (QED) is 0.542. The van der Waals surface area contributed by atoms with Gasteiger partial charge >= 0.3 is 0 Å². The topological polar surface area (TPSA) is 105 Å². The minimum absolute atomic E-state index is 0.0999. The molecule has 0 saturated heterocycles. The van der Waals surface area contributed by atoms with E-state index in [0.717, 1.165) is 12.8 Å². The van der Waals surface area contributed by atoms with E-state index in [1.807, 2.05) is 0 Å². The zero-order chi connectivity index (χ0) is 15.3. The molecular weight excluding hydrogens is 296 g/mol. The Labute approximate surface area is 124 Å². The van der Waals surface area contributed by atoms with Crippen LogP contribution in [-0.4, -0.2) is 58.1 Å². The Balaban J connectivity index is 1.96. The molecule has 1 fully saturated rings. The molecule has 1 atom stereocenters. The predicted octanol–water partition coefficient (Wildman–Crippen LogP) is -0.399. The first-order valence-corrected chi connectivity index (χ1v) is 8.32. The van der Waals surface area contributed by atoms with Gasteiger partial charge in [-0.25, -0.2) is 13.1 Å². The molecule has 1 aliphatic carbocycles. The summed E-state index contributed by atoms with van der Waals surface area (Å²) in [6.45, 7) is 0.947. The fraction of sp³-hybridized carbons (Fsp3) is 0.750. The molecule has 0 spiro atoms. The van der Waals surface area contributed by atoms with Gasteiger partial charge in [-0.2, -0.15) is 5.10 Å². The largest absolute Gasteiger partial charge is 0.382 e. The molecule has 1 saturated carbocycles. The number of H-pyrrole nitrogens is 1. The molecule has 0 aliphatic heterocycles. The Morgan fingerprint density at radius 2 is 2.24 bits per heavy atom. The van der Waals surface area contributed by atoms with Crippen LogP contribution >= 0.6 is 0 Å². The van der Waals surface area contributed by atoms with E-state index in [0.29, 0.717) is 24.8 Å². The van der Waals surface area contributed by atoms with Crippen LogP contribution in [0.5, 0.6) is 0 Å². The zero-order valence-electron chi connectivity index (χ0n) is 12.3. The molecule has 0 amide bonds. The summed E-state index contributed by atoms with van der Waals surface area (Å²) < 4.78 is 37.2. The van der Waals surface area contributed by atoms with Crippen molar-refractivity contribution in [1.82, 2.24) is 20.2 Å². The number of hydrogen-bond donors (Lipinski definition) is 3. The van der Waals surface area contributed by atoms with Crippen molar-refractivity contribution in [3.8, 4) is 0 Å². The summed E-state index contributed by atoms with van der Waals surface area (Å²) in [4.78, 5) is 0. The lowest BCUT2D eigenvalue weighted by Gasteiger charge is -2.15. The molecule has 3 N–H and O–H groups in total. The third-order valence-corrected chi connectivity index (χ3v) is 4.73. The van der Waals surface area contributed by atoms with Gasteiger partial charge in [0, 0.05) is 38.9 Å². The molecule has 1 heterocycles. The predicted molar refractivity (Wildman–Crippen MR) is 76.3 cm³/mol. The lowest BCUT2D eigenvalue weighted by Crippen LogP contribution is -2.36. The van der Waals surface area contributed by atoms with Crippen LogP contribution in [0.1, 0.15) is 18.4 Å². The lowest BCUT2D eigenvalue weighted by atomic mass is 10.3. The lowest BCUT2D eigenvalue weighted by molar-refractivity contribution is 0.0320. The maximum atomic E-state index is 12.3. The minimum Gasteiger partial charge on any atom is -0.382 e. The van der Waals surface area contributed by atoms with Crippen LogP contribution in [0.4, 0.5) is 0 Å². The highest BCUT2D eigenvalue weighted by Crippen LogP contribution is 2.20. The van der Waals surface area contributed by atoms with E-state index in [1.54, 1.807) is 0 Å². The average Bonchev–Trinajstić information content (AvgIpc) is 3.17. The SMILES string of the molecule is COCC(CNS(=O)(=O)c1[nH]ncc1CNC1CC1)OC.